The van der Waals surface area contributed by atoms with Gasteiger partial charge in [0.2, 0.25) is 5.91 Å². The van der Waals surface area contributed by atoms with E-state index in [0.29, 0.717) is 31.0 Å². The van der Waals surface area contributed by atoms with Crippen molar-refractivity contribution in [3.05, 3.63) is 34.9 Å². The second-order valence-electron chi connectivity index (χ2n) is 4.15. The molecule has 0 aromatic heterocycles. The van der Waals surface area contributed by atoms with Gasteiger partial charge in [-0.3, -0.25) is 4.79 Å². The summed E-state index contributed by atoms with van der Waals surface area (Å²) >= 11 is 5.77. The molecule has 1 rings (SSSR count). The third kappa shape index (κ3) is 7.31. The lowest BCUT2D eigenvalue weighted by atomic mass is 10.2. The van der Waals surface area contributed by atoms with Crippen LogP contribution < -0.4 is 16.4 Å². The zero-order valence-corrected chi connectivity index (χ0v) is 11.4. The van der Waals surface area contributed by atoms with Crippen molar-refractivity contribution < 1.29 is 9.59 Å². The molecule has 104 valence electrons. The molecule has 0 unspecified atom stereocenters. The summed E-state index contributed by atoms with van der Waals surface area (Å²) in [6.07, 6.45) is 1.89. The van der Waals surface area contributed by atoms with E-state index in [2.05, 4.69) is 10.6 Å². The van der Waals surface area contributed by atoms with E-state index in [4.69, 9.17) is 17.3 Å². The van der Waals surface area contributed by atoms with Crippen molar-refractivity contribution >= 4 is 23.5 Å². The van der Waals surface area contributed by atoms with E-state index in [1.165, 1.54) is 0 Å². The van der Waals surface area contributed by atoms with Gasteiger partial charge in [-0.25, -0.2) is 4.79 Å². The summed E-state index contributed by atoms with van der Waals surface area (Å²) in [6.45, 7) is 0.995. The largest absolute Gasteiger partial charge is 0.352 e. The number of rotatable bonds is 7. The van der Waals surface area contributed by atoms with Gasteiger partial charge in [0.15, 0.2) is 0 Å². The minimum Gasteiger partial charge on any atom is -0.352 e. The average molecular weight is 284 g/mol. The summed E-state index contributed by atoms with van der Waals surface area (Å²) in [5.41, 5.74) is 5.93. The fourth-order valence-corrected chi connectivity index (χ4v) is 1.64. The maximum atomic E-state index is 11.5. The first-order valence-electron chi connectivity index (χ1n) is 6.12. The number of carbonyl (C=O) groups is 2. The predicted molar refractivity (Wildman–Crippen MR) is 74.7 cm³/mol. The van der Waals surface area contributed by atoms with Gasteiger partial charge in [-0.1, -0.05) is 23.7 Å². The average Bonchev–Trinajstić information content (AvgIpc) is 2.37. The van der Waals surface area contributed by atoms with Gasteiger partial charge in [-0.05, 0) is 30.5 Å². The van der Waals surface area contributed by atoms with Gasteiger partial charge in [-0.2, -0.15) is 0 Å². The standard InChI is InChI=1S/C13H18ClN3O2/c14-11-6-4-10(5-7-11)9-17-12(18)3-1-2-8-16-13(15)19/h4-7H,1-3,8-9H2,(H,17,18)(H3,15,16,19). The van der Waals surface area contributed by atoms with E-state index in [1.807, 2.05) is 12.1 Å². The normalized spacial score (nSPS) is 9.95. The number of urea groups is 1. The summed E-state index contributed by atoms with van der Waals surface area (Å²) in [4.78, 5) is 21.9. The van der Waals surface area contributed by atoms with Gasteiger partial charge in [0.25, 0.3) is 0 Å². The summed E-state index contributed by atoms with van der Waals surface area (Å²) in [6, 6.07) is 6.79. The fraction of sp³-hybridized carbons (Fsp3) is 0.385. The molecule has 0 aliphatic rings. The van der Waals surface area contributed by atoms with Crippen molar-refractivity contribution in [2.24, 2.45) is 5.73 Å². The Kier molecular flexibility index (Phi) is 6.74. The van der Waals surface area contributed by atoms with E-state index in [0.717, 1.165) is 12.0 Å². The van der Waals surface area contributed by atoms with Crippen LogP contribution in [0.1, 0.15) is 24.8 Å². The van der Waals surface area contributed by atoms with Crippen LogP contribution in [0.4, 0.5) is 4.79 Å². The number of nitrogens with two attached hydrogens (primary N) is 1. The summed E-state index contributed by atoms with van der Waals surface area (Å²) in [5, 5.41) is 5.98. The molecule has 0 radical (unpaired) electrons. The van der Waals surface area contributed by atoms with Crippen molar-refractivity contribution in [1.82, 2.24) is 10.6 Å². The minimum absolute atomic E-state index is 0.00553. The maximum Gasteiger partial charge on any atom is 0.312 e. The van der Waals surface area contributed by atoms with Crippen LogP contribution in [0.25, 0.3) is 0 Å². The van der Waals surface area contributed by atoms with Crippen molar-refractivity contribution in [3.63, 3.8) is 0 Å². The first-order valence-corrected chi connectivity index (χ1v) is 6.50. The molecule has 0 bridgehead atoms. The maximum absolute atomic E-state index is 11.5. The van der Waals surface area contributed by atoms with E-state index < -0.39 is 6.03 Å². The summed E-state index contributed by atoms with van der Waals surface area (Å²) in [5.74, 6) is -0.00553. The molecule has 6 heteroatoms. The molecule has 0 saturated carbocycles. The first kappa shape index (κ1) is 15.3. The molecular formula is C13H18ClN3O2. The molecule has 0 heterocycles. The van der Waals surface area contributed by atoms with Crippen LogP contribution in [-0.2, 0) is 11.3 Å². The topological polar surface area (TPSA) is 84.2 Å². The number of hydrogen-bond acceptors (Lipinski definition) is 2. The lowest BCUT2D eigenvalue weighted by Gasteiger charge is -2.05. The Balaban J connectivity index is 2.11. The van der Waals surface area contributed by atoms with E-state index >= 15 is 0 Å². The number of halogens is 1. The molecule has 0 saturated heterocycles. The van der Waals surface area contributed by atoms with E-state index in [-0.39, 0.29) is 5.91 Å². The Hall–Kier alpha value is -1.75. The number of amides is 3. The van der Waals surface area contributed by atoms with Gasteiger partial charge >= 0.3 is 6.03 Å². The molecule has 0 atom stereocenters. The van der Waals surface area contributed by atoms with Gasteiger partial charge in [0, 0.05) is 24.5 Å². The highest BCUT2D eigenvalue weighted by atomic mass is 35.5. The van der Waals surface area contributed by atoms with Crippen LogP contribution in [-0.4, -0.2) is 18.5 Å². The van der Waals surface area contributed by atoms with Crippen molar-refractivity contribution in [2.75, 3.05) is 6.54 Å². The van der Waals surface area contributed by atoms with Crippen molar-refractivity contribution in [3.8, 4) is 0 Å². The minimum atomic E-state index is -0.535. The van der Waals surface area contributed by atoms with Crippen LogP contribution in [0.15, 0.2) is 24.3 Å². The number of benzene rings is 1. The molecule has 1 aromatic rings. The number of primary amides is 1. The molecule has 4 N–H and O–H groups in total. The molecule has 5 nitrogen and oxygen atoms in total. The molecular weight excluding hydrogens is 266 g/mol. The van der Waals surface area contributed by atoms with E-state index in [9.17, 15) is 9.59 Å². The van der Waals surface area contributed by atoms with Gasteiger partial charge < -0.3 is 16.4 Å². The zero-order valence-electron chi connectivity index (χ0n) is 10.6. The van der Waals surface area contributed by atoms with Crippen LogP contribution in [0.3, 0.4) is 0 Å². The Labute approximate surface area is 117 Å². The first-order chi connectivity index (χ1) is 9.08. The van der Waals surface area contributed by atoms with Crippen LogP contribution >= 0.6 is 11.6 Å². The van der Waals surface area contributed by atoms with Crippen molar-refractivity contribution in [1.29, 1.82) is 0 Å². The van der Waals surface area contributed by atoms with Gasteiger partial charge in [-0.15, -0.1) is 0 Å². The number of unbranched alkanes of at least 4 members (excludes halogenated alkanes) is 1. The van der Waals surface area contributed by atoms with Crippen LogP contribution in [0.2, 0.25) is 5.02 Å². The summed E-state index contributed by atoms with van der Waals surface area (Å²) < 4.78 is 0. The van der Waals surface area contributed by atoms with Crippen LogP contribution in [0.5, 0.6) is 0 Å². The molecule has 0 aliphatic carbocycles. The molecule has 0 aliphatic heterocycles. The lowest BCUT2D eigenvalue weighted by Crippen LogP contribution is -2.30. The smallest absolute Gasteiger partial charge is 0.312 e. The van der Waals surface area contributed by atoms with Crippen molar-refractivity contribution in [2.45, 2.75) is 25.8 Å². The third-order valence-corrected chi connectivity index (χ3v) is 2.78. The second-order valence-corrected chi connectivity index (χ2v) is 4.59. The molecule has 19 heavy (non-hydrogen) atoms. The van der Waals surface area contributed by atoms with Gasteiger partial charge in [0.05, 0.1) is 0 Å². The highest BCUT2D eigenvalue weighted by molar-refractivity contribution is 6.30. The Morgan fingerprint density at radius 1 is 1.11 bits per heavy atom. The molecule has 0 spiro atoms. The predicted octanol–water partition coefficient (Wildman–Crippen LogP) is 1.79. The van der Waals surface area contributed by atoms with Gasteiger partial charge in [0.1, 0.15) is 0 Å². The fourth-order valence-electron chi connectivity index (χ4n) is 1.51. The Morgan fingerprint density at radius 3 is 2.42 bits per heavy atom. The monoisotopic (exact) mass is 283 g/mol. The lowest BCUT2D eigenvalue weighted by molar-refractivity contribution is -0.121. The second kappa shape index (κ2) is 8.37. The quantitative estimate of drug-likeness (QED) is 0.667. The van der Waals surface area contributed by atoms with Crippen LogP contribution in [0, 0.1) is 0 Å². The number of nitrogens with one attached hydrogen (secondary N) is 2. The zero-order chi connectivity index (χ0) is 14.1. The number of hydrogen-bond donors (Lipinski definition) is 3. The highest BCUT2D eigenvalue weighted by Crippen LogP contribution is 2.09. The Morgan fingerprint density at radius 2 is 1.79 bits per heavy atom. The SMILES string of the molecule is NC(=O)NCCCCC(=O)NCc1ccc(Cl)cc1. The number of carbonyl (C=O) groups excluding carboxylic acids is 2. The molecule has 3 amide bonds. The summed E-state index contributed by atoms with van der Waals surface area (Å²) in [7, 11) is 0. The highest BCUT2D eigenvalue weighted by Gasteiger charge is 2.01. The molecule has 0 fully saturated rings. The van der Waals surface area contributed by atoms with E-state index in [1.54, 1.807) is 12.1 Å². The Bertz CT molecular complexity index is 420. The molecule has 1 aromatic carbocycles. The third-order valence-electron chi connectivity index (χ3n) is 2.53.